The van der Waals surface area contributed by atoms with Crippen molar-refractivity contribution >= 4 is 11.3 Å². The zero-order chi connectivity index (χ0) is 16.5. The molecule has 0 bridgehead atoms. The van der Waals surface area contributed by atoms with Crippen LogP contribution in [0.2, 0.25) is 0 Å². The van der Waals surface area contributed by atoms with Crippen molar-refractivity contribution in [1.29, 1.82) is 0 Å². The Labute approximate surface area is 147 Å². The van der Waals surface area contributed by atoms with Gasteiger partial charge in [0.15, 0.2) is 0 Å². The van der Waals surface area contributed by atoms with E-state index in [-0.39, 0.29) is 0 Å². The molecule has 24 heavy (non-hydrogen) atoms. The van der Waals surface area contributed by atoms with E-state index in [2.05, 4.69) is 28.3 Å². The van der Waals surface area contributed by atoms with Crippen molar-refractivity contribution in [2.24, 2.45) is 11.8 Å². The minimum absolute atomic E-state index is 0.370. The SMILES string of the molecule is Cc1ccc(OC[C@H]2CO[C@@H]3CN(Cc4sccc4C)C[C@H]23)cn1. The van der Waals surface area contributed by atoms with Crippen LogP contribution in [0.1, 0.15) is 16.1 Å². The average Bonchev–Trinajstić information content (AvgIpc) is 3.25. The van der Waals surface area contributed by atoms with Crippen LogP contribution >= 0.6 is 11.3 Å². The zero-order valence-corrected chi connectivity index (χ0v) is 15.1. The summed E-state index contributed by atoms with van der Waals surface area (Å²) in [6.07, 6.45) is 2.18. The molecule has 2 fully saturated rings. The fourth-order valence-electron chi connectivity index (χ4n) is 3.69. The molecule has 4 rings (SSSR count). The second-order valence-corrected chi connectivity index (χ2v) is 7.96. The van der Waals surface area contributed by atoms with Gasteiger partial charge in [-0.2, -0.15) is 0 Å². The highest BCUT2D eigenvalue weighted by Crippen LogP contribution is 2.35. The first-order valence-corrected chi connectivity index (χ1v) is 9.49. The molecule has 0 aromatic carbocycles. The minimum Gasteiger partial charge on any atom is -0.492 e. The molecule has 2 aliphatic heterocycles. The van der Waals surface area contributed by atoms with E-state index in [1.54, 1.807) is 0 Å². The number of fused-ring (bicyclic) bond motifs is 1. The van der Waals surface area contributed by atoms with Crippen LogP contribution in [0.3, 0.4) is 0 Å². The molecule has 5 heteroatoms. The van der Waals surface area contributed by atoms with E-state index in [0.717, 1.165) is 44.3 Å². The zero-order valence-electron chi connectivity index (χ0n) is 14.3. The first-order valence-electron chi connectivity index (χ1n) is 8.61. The van der Waals surface area contributed by atoms with Gasteiger partial charge in [0.25, 0.3) is 0 Å². The Bertz CT molecular complexity index is 685. The predicted octanol–water partition coefficient (Wildman–Crippen LogP) is 3.29. The number of pyridine rings is 1. The van der Waals surface area contributed by atoms with Crippen molar-refractivity contribution < 1.29 is 9.47 Å². The topological polar surface area (TPSA) is 34.6 Å². The number of ether oxygens (including phenoxy) is 2. The van der Waals surface area contributed by atoms with Crippen LogP contribution in [0.15, 0.2) is 29.8 Å². The molecule has 128 valence electrons. The molecule has 0 N–H and O–H groups in total. The summed E-state index contributed by atoms with van der Waals surface area (Å²) in [6.45, 7) is 8.94. The molecule has 0 spiro atoms. The van der Waals surface area contributed by atoms with Gasteiger partial charge in [0.1, 0.15) is 5.75 Å². The minimum atomic E-state index is 0.370. The second-order valence-electron chi connectivity index (χ2n) is 6.96. The quantitative estimate of drug-likeness (QED) is 0.834. The normalized spacial score (nSPS) is 26.7. The lowest BCUT2D eigenvalue weighted by atomic mass is 9.94. The lowest BCUT2D eigenvalue weighted by Gasteiger charge is -2.19. The number of rotatable bonds is 5. The molecule has 2 aliphatic rings. The van der Waals surface area contributed by atoms with Crippen LogP contribution in [0.5, 0.6) is 5.75 Å². The van der Waals surface area contributed by atoms with Crippen molar-refractivity contribution in [3.05, 3.63) is 45.9 Å². The largest absolute Gasteiger partial charge is 0.492 e. The maximum Gasteiger partial charge on any atom is 0.137 e. The summed E-state index contributed by atoms with van der Waals surface area (Å²) in [5, 5.41) is 2.18. The fraction of sp³-hybridized carbons (Fsp3) is 0.526. The lowest BCUT2D eigenvalue weighted by molar-refractivity contribution is 0.0898. The molecule has 2 aromatic rings. The molecule has 2 saturated heterocycles. The number of thiophene rings is 1. The van der Waals surface area contributed by atoms with Gasteiger partial charge in [-0.15, -0.1) is 11.3 Å². The summed E-state index contributed by atoms with van der Waals surface area (Å²) >= 11 is 1.86. The smallest absolute Gasteiger partial charge is 0.137 e. The highest BCUT2D eigenvalue weighted by atomic mass is 32.1. The summed E-state index contributed by atoms with van der Waals surface area (Å²) in [5.74, 6) is 1.92. The van der Waals surface area contributed by atoms with E-state index in [9.17, 15) is 0 Å². The Morgan fingerprint density at radius 2 is 2.21 bits per heavy atom. The van der Waals surface area contributed by atoms with Crippen LogP contribution < -0.4 is 4.74 Å². The number of hydrogen-bond acceptors (Lipinski definition) is 5. The molecule has 3 atom stereocenters. The van der Waals surface area contributed by atoms with Gasteiger partial charge in [0.2, 0.25) is 0 Å². The predicted molar refractivity (Wildman–Crippen MR) is 95.5 cm³/mol. The third-order valence-corrected chi connectivity index (χ3v) is 6.21. The van der Waals surface area contributed by atoms with Gasteiger partial charge in [-0.05, 0) is 43.0 Å². The van der Waals surface area contributed by atoms with Gasteiger partial charge in [0.05, 0.1) is 25.5 Å². The number of nitrogens with zero attached hydrogens (tertiary/aromatic N) is 2. The number of aromatic nitrogens is 1. The molecule has 0 saturated carbocycles. The van der Waals surface area contributed by atoms with Gasteiger partial charge in [-0.1, -0.05) is 0 Å². The van der Waals surface area contributed by atoms with Gasteiger partial charge in [-0.3, -0.25) is 9.88 Å². The van der Waals surface area contributed by atoms with Gasteiger partial charge < -0.3 is 9.47 Å². The molecule has 2 aromatic heterocycles. The average molecular weight is 344 g/mol. The monoisotopic (exact) mass is 344 g/mol. The van der Waals surface area contributed by atoms with Crippen molar-refractivity contribution in [1.82, 2.24) is 9.88 Å². The standard InChI is InChI=1S/C19H24N2O2S/c1-13-5-6-24-19(13)10-21-8-17-15(12-23-18(17)9-21)11-22-16-4-3-14(2)20-7-16/h3-7,15,17-18H,8-12H2,1-2H3/t15-,17+,18+/m0/s1. The van der Waals surface area contributed by atoms with E-state index < -0.39 is 0 Å². The third kappa shape index (κ3) is 3.34. The first kappa shape index (κ1) is 16.1. The Kier molecular flexibility index (Phi) is 4.57. The van der Waals surface area contributed by atoms with E-state index in [1.807, 2.05) is 36.6 Å². The van der Waals surface area contributed by atoms with E-state index in [4.69, 9.17) is 9.47 Å². The summed E-state index contributed by atoms with van der Waals surface area (Å²) in [7, 11) is 0. The Morgan fingerprint density at radius 1 is 1.29 bits per heavy atom. The molecule has 0 unspecified atom stereocenters. The van der Waals surface area contributed by atoms with Crippen LogP contribution in [-0.4, -0.2) is 42.3 Å². The fourth-order valence-corrected chi connectivity index (χ4v) is 4.64. The summed E-state index contributed by atoms with van der Waals surface area (Å²) < 4.78 is 12.0. The molecule has 0 radical (unpaired) electrons. The Morgan fingerprint density at radius 3 is 2.96 bits per heavy atom. The highest BCUT2D eigenvalue weighted by molar-refractivity contribution is 7.10. The maximum atomic E-state index is 6.04. The van der Waals surface area contributed by atoms with Gasteiger partial charge in [-0.25, -0.2) is 0 Å². The van der Waals surface area contributed by atoms with Crippen LogP contribution in [-0.2, 0) is 11.3 Å². The van der Waals surface area contributed by atoms with Crippen LogP contribution in [0.25, 0.3) is 0 Å². The first-order chi connectivity index (χ1) is 11.7. The van der Waals surface area contributed by atoms with E-state index >= 15 is 0 Å². The molecule has 4 nitrogen and oxygen atoms in total. The summed E-state index contributed by atoms with van der Waals surface area (Å²) in [6, 6.07) is 6.19. The number of hydrogen-bond donors (Lipinski definition) is 0. The van der Waals surface area contributed by atoms with Crippen LogP contribution in [0.4, 0.5) is 0 Å². The van der Waals surface area contributed by atoms with Crippen molar-refractivity contribution in [2.75, 3.05) is 26.3 Å². The van der Waals surface area contributed by atoms with E-state index in [0.29, 0.717) is 17.9 Å². The Hall–Kier alpha value is -1.43. The maximum absolute atomic E-state index is 6.04. The van der Waals surface area contributed by atoms with Crippen LogP contribution in [0, 0.1) is 25.7 Å². The van der Waals surface area contributed by atoms with Crippen molar-refractivity contribution in [3.63, 3.8) is 0 Å². The number of likely N-dealkylation sites (tertiary alicyclic amines) is 1. The summed E-state index contributed by atoms with van der Waals surface area (Å²) in [5.41, 5.74) is 2.42. The molecule has 0 aliphatic carbocycles. The molecule has 4 heterocycles. The lowest BCUT2D eigenvalue weighted by Crippen LogP contribution is -2.26. The molecular weight excluding hydrogens is 320 g/mol. The highest BCUT2D eigenvalue weighted by Gasteiger charge is 2.44. The summed E-state index contributed by atoms with van der Waals surface area (Å²) in [4.78, 5) is 8.31. The molecular formula is C19H24N2O2S. The Balaban J connectivity index is 1.32. The van der Waals surface area contributed by atoms with Crippen molar-refractivity contribution in [2.45, 2.75) is 26.5 Å². The van der Waals surface area contributed by atoms with Gasteiger partial charge in [0, 0.05) is 42.0 Å². The van der Waals surface area contributed by atoms with Crippen molar-refractivity contribution in [3.8, 4) is 5.75 Å². The second kappa shape index (κ2) is 6.82. The van der Waals surface area contributed by atoms with Gasteiger partial charge >= 0.3 is 0 Å². The van der Waals surface area contributed by atoms with E-state index in [1.165, 1.54) is 10.4 Å². The molecule has 0 amide bonds. The third-order valence-electron chi connectivity index (χ3n) is 5.20. The number of aryl methyl sites for hydroxylation is 2.